The van der Waals surface area contributed by atoms with Gasteiger partial charge in [-0.25, -0.2) is 19.4 Å². The lowest BCUT2D eigenvalue weighted by Crippen LogP contribution is -2.45. The molecule has 0 saturated carbocycles. The highest BCUT2D eigenvalue weighted by Crippen LogP contribution is 2.35. The third-order valence-electron chi connectivity index (χ3n) is 7.72. The van der Waals surface area contributed by atoms with E-state index in [-0.39, 0.29) is 19.0 Å². The smallest absolute Gasteiger partial charge is 0.492 e. The van der Waals surface area contributed by atoms with Gasteiger partial charge in [-0.15, -0.1) is 16.4 Å². The van der Waals surface area contributed by atoms with Crippen molar-refractivity contribution in [1.29, 1.82) is 0 Å². The maximum absolute atomic E-state index is 12.9. The van der Waals surface area contributed by atoms with Crippen LogP contribution < -0.4 is 20.1 Å². The lowest BCUT2D eigenvalue weighted by Gasteiger charge is -2.31. The van der Waals surface area contributed by atoms with E-state index in [1.807, 2.05) is 31.2 Å². The zero-order valence-corrected chi connectivity index (χ0v) is 27.3. The number of carbonyl (C=O) groups excluding carboxylic acids is 2. The number of ether oxygens (including phenoxy) is 2. The first-order chi connectivity index (χ1) is 23.6. The molecule has 0 spiro atoms. The quantitative estimate of drug-likeness (QED) is 0.159. The Kier molecular flexibility index (Phi) is 9.96. The summed E-state index contributed by atoms with van der Waals surface area (Å²) in [6, 6.07) is 15.4. The highest BCUT2D eigenvalue weighted by atomic mass is 32.1. The van der Waals surface area contributed by atoms with Gasteiger partial charge < -0.3 is 19.6 Å². The number of amides is 1. The minimum absolute atomic E-state index is 0.00931. The number of nitrogens with one attached hydrogen (secondary N) is 2. The second-order valence-electron chi connectivity index (χ2n) is 11.2. The molecule has 4 heterocycles. The molecule has 2 N–H and O–H groups in total. The predicted octanol–water partition coefficient (Wildman–Crippen LogP) is 6.45. The Morgan fingerprint density at radius 3 is 2.49 bits per heavy atom. The summed E-state index contributed by atoms with van der Waals surface area (Å²) < 4.78 is 51.8. The lowest BCUT2D eigenvalue weighted by atomic mass is 10.1. The van der Waals surface area contributed by atoms with Crippen molar-refractivity contribution in [1.82, 2.24) is 24.8 Å². The van der Waals surface area contributed by atoms with Crippen LogP contribution in [0, 0.1) is 0 Å². The number of rotatable bonds is 11. The van der Waals surface area contributed by atoms with Crippen molar-refractivity contribution in [3.05, 3.63) is 83.0 Å². The highest BCUT2D eigenvalue weighted by Gasteiger charge is 2.43. The number of pyridine rings is 1. The van der Waals surface area contributed by atoms with Gasteiger partial charge in [-0.05, 0) is 61.2 Å². The van der Waals surface area contributed by atoms with Crippen molar-refractivity contribution in [2.45, 2.75) is 44.9 Å². The Balaban J connectivity index is 1.26. The standard InChI is InChI=1S/C33H32F3N7O5S/c1-3-25-17-38-32(49-25)40-30(44)21-8-12-24(13-9-21)47-26-14-15-37-29-27(26)28(41-43(29)18-20-6-10-23(46-2)11-7-20)39-22-5-4-16-42(19-22)48-31(45)33(34,35)36/h6-15,17,22H,3-5,16,18-19H2,1-2H3,(H,39,41)(H,38,40,44)/t22-/m1/s1. The first-order valence-corrected chi connectivity index (χ1v) is 16.2. The normalized spacial score (nSPS) is 15.2. The molecule has 1 aliphatic rings. The summed E-state index contributed by atoms with van der Waals surface area (Å²) in [5.41, 5.74) is 1.84. The van der Waals surface area contributed by atoms with Gasteiger partial charge >= 0.3 is 12.1 Å². The molecule has 5 aromatic rings. The fourth-order valence-electron chi connectivity index (χ4n) is 5.28. The van der Waals surface area contributed by atoms with Crippen molar-refractivity contribution in [2.75, 3.05) is 30.8 Å². The lowest BCUT2D eigenvalue weighted by molar-refractivity contribution is -0.241. The van der Waals surface area contributed by atoms with Crippen molar-refractivity contribution in [2.24, 2.45) is 0 Å². The number of nitrogens with zero attached hydrogens (tertiary/aromatic N) is 5. The van der Waals surface area contributed by atoms with Crippen LogP contribution in [0.25, 0.3) is 11.0 Å². The second-order valence-corrected chi connectivity index (χ2v) is 12.3. The van der Waals surface area contributed by atoms with E-state index in [2.05, 4.69) is 25.4 Å². The van der Waals surface area contributed by atoms with Crippen molar-refractivity contribution in [3.8, 4) is 17.2 Å². The number of benzene rings is 2. The fourth-order valence-corrected chi connectivity index (χ4v) is 6.02. The second kappa shape index (κ2) is 14.5. The van der Waals surface area contributed by atoms with Crippen LogP contribution in [-0.2, 0) is 22.6 Å². The van der Waals surface area contributed by atoms with E-state index in [0.717, 1.165) is 21.9 Å². The maximum Gasteiger partial charge on any atom is 0.492 e. The third kappa shape index (κ3) is 8.09. The molecule has 1 fully saturated rings. The minimum atomic E-state index is -5.10. The molecule has 2 aromatic carbocycles. The topological polar surface area (TPSA) is 133 Å². The van der Waals surface area contributed by atoms with Crippen LogP contribution in [0.15, 0.2) is 67.0 Å². The Morgan fingerprint density at radius 1 is 1.04 bits per heavy atom. The van der Waals surface area contributed by atoms with Gasteiger partial charge in [-0.2, -0.15) is 18.3 Å². The van der Waals surface area contributed by atoms with E-state index >= 15 is 0 Å². The Labute approximate surface area is 282 Å². The zero-order valence-electron chi connectivity index (χ0n) is 26.5. The van der Waals surface area contributed by atoms with Crippen LogP contribution in [0.4, 0.5) is 24.1 Å². The molecule has 0 unspecified atom stereocenters. The molecule has 49 heavy (non-hydrogen) atoms. The Bertz CT molecular complexity index is 1930. The van der Waals surface area contributed by atoms with Crippen LogP contribution in [0.1, 0.15) is 40.6 Å². The molecule has 1 atom stereocenters. The molecular weight excluding hydrogens is 663 g/mol. The molecule has 256 valence electrons. The van der Waals surface area contributed by atoms with Crippen LogP contribution in [-0.4, -0.2) is 69.1 Å². The van der Waals surface area contributed by atoms with E-state index in [9.17, 15) is 22.8 Å². The van der Waals surface area contributed by atoms with Crippen LogP contribution >= 0.6 is 11.3 Å². The maximum atomic E-state index is 12.9. The molecule has 3 aromatic heterocycles. The van der Waals surface area contributed by atoms with Gasteiger partial charge in [0.1, 0.15) is 22.6 Å². The fraction of sp³-hybridized carbons (Fsp3) is 0.303. The summed E-state index contributed by atoms with van der Waals surface area (Å²) >= 11 is 1.42. The molecule has 1 aliphatic heterocycles. The number of thiazole rings is 1. The SMILES string of the molecule is CCc1cnc(NC(=O)c2ccc(Oc3ccnc4c3c(N[C@@H]3CCCN(OC(=O)C(F)(F)F)C3)nn4Cc3ccc(OC)cc3)cc2)s1. The zero-order chi connectivity index (χ0) is 34.5. The predicted molar refractivity (Wildman–Crippen MR) is 176 cm³/mol. The van der Waals surface area contributed by atoms with Crippen molar-refractivity contribution < 1.29 is 37.1 Å². The van der Waals surface area contributed by atoms with E-state index in [1.165, 1.54) is 11.3 Å². The number of piperidine rings is 1. The molecule has 0 aliphatic carbocycles. The number of carbonyl (C=O) groups is 2. The van der Waals surface area contributed by atoms with Crippen molar-refractivity contribution in [3.63, 3.8) is 0 Å². The Morgan fingerprint density at radius 2 is 1.80 bits per heavy atom. The molecule has 1 saturated heterocycles. The average Bonchev–Trinajstić information content (AvgIpc) is 3.69. The number of methoxy groups -OCH3 is 1. The van der Waals surface area contributed by atoms with Gasteiger partial charge in [0, 0.05) is 41.5 Å². The summed E-state index contributed by atoms with van der Waals surface area (Å²) in [4.78, 5) is 38.8. The summed E-state index contributed by atoms with van der Waals surface area (Å²) in [6.45, 7) is 2.54. The van der Waals surface area contributed by atoms with Gasteiger partial charge in [0.15, 0.2) is 16.6 Å². The van der Waals surface area contributed by atoms with Crippen LogP contribution in [0.3, 0.4) is 0 Å². The number of aromatic nitrogens is 4. The summed E-state index contributed by atoms with van der Waals surface area (Å²) in [7, 11) is 1.59. The van der Waals surface area contributed by atoms with Gasteiger partial charge in [0.25, 0.3) is 5.91 Å². The minimum Gasteiger partial charge on any atom is -0.497 e. The van der Waals surface area contributed by atoms with Crippen LogP contribution in [0.5, 0.6) is 17.2 Å². The number of halogens is 3. The Hall–Kier alpha value is -5.22. The highest BCUT2D eigenvalue weighted by molar-refractivity contribution is 7.15. The van der Waals surface area contributed by atoms with Crippen LogP contribution in [0.2, 0.25) is 0 Å². The summed E-state index contributed by atoms with van der Waals surface area (Å²) in [5.74, 6) is -0.606. The monoisotopic (exact) mass is 695 g/mol. The summed E-state index contributed by atoms with van der Waals surface area (Å²) in [6.07, 6.45) is 0.131. The molecular formula is C33H32F3N7O5S. The number of hydroxylamine groups is 2. The van der Waals surface area contributed by atoms with Gasteiger partial charge in [-0.1, -0.05) is 19.1 Å². The van der Waals surface area contributed by atoms with E-state index in [0.29, 0.717) is 64.2 Å². The molecule has 12 nitrogen and oxygen atoms in total. The molecule has 0 bridgehead atoms. The van der Waals surface area contributed by atoms with Gasteiger partial charge in [0.2, 0.25) is 0 Å². The molecule has 0 radical (unpaired) electrons. The average molecular weight is 696 g/mol. The number of hydrogen-bond donors (Lipinski definition) is 2. The number of hydrogen-bond acceptors (Lipinski definition) is 11. The number of anilines is 2. The summed E-state index contributed by atoms with van der Waals surface area (Å²) in [5, 5.41) is 13.0. The van der Waals surface area contributed by atoms with Gasteiger partial charge in [0.05, 0.1) is 20.2 Å². The largest absolute Gasteiger partial charge is 0.497 e. The molecule has 1 amide bonds. The van der Waals surface area contributed by atoms with E-state index in [4.69, 9.17) is 14.6 Å². The molecule has 16 heteroatoms. The number of aryl methyl sites for hydroxylation is 1. The third-order valence-corrected chi connectivity index (χ3v) is 8.78. The first-order valence-electron chi connectivity index (χ1n) is 15.4. The van der Waals surface area contributed by atoms with E-state index < -0.39 is 18.2 Å². The van der Waals surface area contributed by atoms with Gasteiger partial charge in [-0.3, -0.25) is 10.1 Å². The number of alkyl halides is 3. The molecule has 6 rings (SSSR count). The van der Waals surface area contributed by atoms with E-state index in [1.54, 1.807) is 54.5 Å². The van der Waals surface area contributed by atoms with Crippen molar-refractivity contribution >= 4 is 45.2 Å². The number of fused-ring (bicyclic) bond motifs is 1. The first kappa shape index (κ1) is 33.7.